The van der Waals surface area contributed by atoms with Crippen molar-refractivity contribution in [3.8, 4) is 11.6 Å². The average molecular weight is 309 g/mol. The summed E-state index contributed by atoms with van der Waals surface area (Å²) in [5.41, 5.74) is 0.913. The molecule has 0 unspecified atom stereocenters. The Morgan fingerprint density at radius 2 is 1.73 bits per heavy atom. The monoisotopic (exact) mass is 309 g/mol. The quantitative estimate of drug-likeness (QED) is 0.888. The van der Waals surface area contributed by atoms with Crippen LogP contribution in [0.2, 0.25) is 0 Å². The highest BCUT2D eigenvalue weighted by Crippen LogP contribution is 2.18. The lowest BCUT2D eigenvalue weighted by Gasteiger charge is -2.09. The number of aromatic nitrogens is 1. The van der Waals surface area contributed by atoms with Crippen molar-refractivity contribution in [1.82, 2.24) is 4.98 Å². The van der Waals surface area contributed by atoms with Crippen LogP contribution in [0.3, 0.4) is 0 Å². The Kier molecular flexibility index (Phi) is 5.07. The van der Waals surface area contributed by atoms with Crippen LogP contribution in [-0.4, -0.2) is 24.7 Å². The predicted molar refractivity (Wildman–Crippen MR) is 76.5 cm³/mol. The van der Waals surface area contributed by atoms with E-state index in [0.29, 0.717) is 17.3 Å². The van der Waals surface area contributed by atoms with Gasteiger partial charge in [-0.2, -0.15) is 8.78 Å². The molecule has 8 heteroatoms. The molecule has 6 nitrogen and oxygen atoms in total. The molecule has 0 fully saturated rings. The van der Waals surface area contributed by atoms with Crippen molar-refractivity contribution in [2.75, 3.05) is 17.7 Å². The van der Waals surface area contributed by atoms with Gasteiger partial charge in [-0.25, -0.2) is 9.78 Å². The summed E-state index contributed by atoms with van der Waals surface area (Å²) in [6.07, 6.45) is 1.44. The van der Waals surface area contributed by atoms with Crippen molar-refractivity contribution < 1.29 is 23.0 Å². The summed E-state index contributed by atoms with van der Waals surface area (Å²) in [4.78, 5) is 15.7. The number of halogens is 2. The van der Waals surface area contributed by atoms with Gasteiger partial charge in [0.2, 0.25) is 5.88 Å². The number of alkyl halides is 2. The number of rotatable bonds is 5. The van der Waals surface area contributed by atoms with Gasteiger partial charge in [0.1, 0.15) is 5.75 Å². The van der Waals surface area contributed by atoms with Crippen LogP contribution in [0.5, 0.6) is 11.6 Å². The van der Waals surface area contributed by atoms with Crippen molar-refractivity contribution in [1.29, 1.82) is 0 Å². The number of pyridine rings is 1. The summed E-state index contributed by atoms with van der Waals surface area (Å²) in [5.74, 6) is 0.445. The first kappa shape index (κ1) is 15.5. The Labute approximate surface area is 125 Å². The number of nitrogens with zero attached hydrogens (tertiary/aromatic N) is 1. The number of carbonyl (C=O) groups is 1. The minimum atomic E-state index is -2.88. The lowest BCUT2D eigenvalue weighted by molar-refractivity contribution is -0.0498. The smallest absolute Gasteiger partial charge is 0.387 e. The fourth-order valence-electron chi connectivity index (χ4n) is 1.59. The molecule has 2 amide bonds. The fraction of sp³-hybridized carbons (Fsp3) is 0.143. The molecule has 1 aromatic heterocycles. The summed E-state index contributed by atoms with van der Waals surface area (Å²) in [5, 5.41) is 5.12. The highest BCUT2D eigenvalue weighted by atomic mass is 19.3. The van der Waals surface area contributed by atoms with Crippen LogP contribution in [0.15, 0.2) is 42.6 Å². The number of ether oxygens (including phenoxy) is 2. The van der Waals surface area contributed by atoms with Gasteiger partial charge in [0.25, 0.3) is 0 Å². The lowest BCUT2D eigenvalue weighted by atomic mass is 10.3. The maximum Gasteiger partial charge on any atom is 0.387 e. The standard InChI is InChI=1S/C14H13F2N3O3/c1-21-12-7-4-10(8-17-12)19-14(20)18-9-2-5-11(6-3-9)22-13(15)16/h2-8,13H,1H3,(H2,18,19,20). The molecule has 22 heavy (non-hydrogen) atoms. The third-order valence-electron chi connectivity index (χ3n) is 2.54. The third kappa shape index (κ3) is 4.58. The third-order valence-corrected chi connectivity index (χ3v) is 2.54. The fourth-order valence-corrected chi connectivity index (χ4v) is 1.59. The van der Waals surface area contributed by atoms with E-state index in [2.05, 4.69) is 20.4 Å². The van der Waals surface area contributed by atoms with Crippen LogP contribution >= 0.6 is 0 Å². The van der Waals surface area contributed by atoms with Gasteiger partial charge in [-0.15, -0.1) is 0 Å². The molecule has 0 aliphatic rings. The molecule has 1 aromatic carbocycles. The van der Waals surface area contributed by atoms with Crippen molar-refractivity contribution in [2.24, 2.45) is 0 Å². The van der Waals surface area contributed by atoms with Crippen LogP contribution in [0.4, 0.5) is 25.0 Å². The van der Waals surface area contributed by atoms with Crippen molar-refractivity contribution in [2.45, 2.75) is 6.61 Å². The molecule has 0 radical (unpaired) electrons. The van der Waals surface area contributed by atoms with E-state index in [1.165, 1.54) is 37.6 Å². The van der Waals surface area contributed by atoms with Gasteiger partial charge in [-0.1, -0.05) is 0 Å². The Balaban J connectivity index is 1.90. The molecular formula is C14H13F2N3O3. The number of carbonyl (C=O) groups excluding carboxylic acids is 1. The summed E-state index contributed by atoms with van der Waals surface area (Å²) < 4.78 is 33.1. The van der Waals surface area contributed by atoms with Gasteiger partial charge in [-0.05, 0) is 30.3 Å². The molecule has 0 saturated carbocycles. The van der Waals surface area contributed by atoms with Gasteiger partial charge in [0.15, 0.2) is 0 Å². The number of anilines is 2. The maximum absolute atomic E-state index is 12.0. The zero-order chi connectivity index (χ0) is 15.9. The zero-order valence-corrected chi connectivity index (χ0v) is 11.5. The largest absolute Gasteiger partial charge is 0.481 e. The topological polar surface area (TPSA) is 72.5 Å². The van der Waals surface area contributed by atoms with E-state index >= 15 is 0 Å². The number of urea groups is 1. The number of hydrogen-bond acceptors (Lipinski definition) is 4. The van der Waals surface area contributed by atoms with Crippen molar-refractivity contribution in [3.05, 3.63) is 42.6 Å². The molecule has 1 heterocycles. The second-order valence-corrected chi connectivity index (χ2v) is 4.07. The summed E-state index contributed by atoms with van der Waals surface area (Å²) >= 11 is 0. The Morgan fingerprint density at radius 1 is 1.09 bits per heavy atom. The van der Waals surface area contributed by atoms with E-state index in [9.17, 15) is 13.6 Å². The first-order valence-corrected chi connectivity index (χ1v) is 6.20. The molecule has 116 valence electrons. The van der Waals surface area contributed by atoms with Crippen LogP contribution in [0.1, 0.15) is 0 Å². The Bertz CT molecular complexity index is 618. The number of benzene rings is 1. The van der Waals surface area contributed by atoms with Gasteiger partial charge in [0, 0.05) is 11.8 Å². The Morgan fingerprint density at radius 3 is 2.27 bits per heavy atom. The lowest BCUT2D eigenvalue weighted by Crippen LogP contribution is -2.19. The van der Waals surface area contributed by atoms with E-state index in [1.54, 1.807) is 12.1 Å². The van der Waals surface area contributed by atoms with Gasteiger partial charge in [0.05, 0.1) is 19.0 Å². The highest BCUT2D eigenvalue weighted by Gasteiger charge is 2.06. The molecule has 2 rings (SSSR count). The van der Waals surface area contributed by atoms with Crippen LogP contribution < -0.4 is 20.1 Å². The molecule has 0 saturated heterocycles. The number of amides is 2. The van der Waals surface area contributed by atoms with Gasteiger partial charge in [-0.3, -0.25) is 0 Å². The molecule has 0 aliphatic heterocycles. The van der Waals surface area contributed by atoms with E-state index < -0.39 is 12.6 Å². The average Bonchev–Trinajstić information content (AvgIpc) is 2.49. The maximum atomic E-state index is 12.0. The number of hydrogen-bond donors (Lipinski definition) is 2. The highest BCUT2D eigenvalue weighted by molar-refractivity contribution is 5.99. The molecule has 0 atom stereocenters. The minimum Gasteiger partial charge on any atom is -0.481 e. The molecule has 0 bridgehead atoms. The van der Waals surface area contributed by atoms with Gasteiger partial charge < -0.3 is 20.1 Å². The first-order valence-electron chi connectivity index (χ1n) is 6.20. The van der Waals surface area contributed by atoms with Crippen molar-refractivity contribution >= 4 is 17.4 Å². The van der Waals surface area contributed by atoms with E-state index in [4.69, 9.17) is 4.74 Å². The Hall–Kier alpha value is -2.90. The van der Waals surface area contributed by atoms with Gasteiger partial charge >= 0.3 is 12.6 Å². The molecular weight excluding hydrogens is 296 g/mol. The summed E-state index contributed by atoms with van der Waals surface area (Å²) in [6, 6.07) is 8.30. The minimum absolute atomic E-state index is 0.0142. The molecule has 0 aliphatic carbocycles. The second-order valence-electron chi connectivity index (χ2n) is 4.07. The van der Waals surface area contributed by atoms with E-state index in [-0.39, 0.29) is 5.75 Å². The van der Waals surface area contributed by atoms with E-state index in [0.717, 1.165) is 0 Å². The molecule has 2 N–H and O–H groups in total. The normalized spacial score (nSPS) is 10.2. The van der Waals surface area contributed by atoms with Crippen LogP contribution in [0.25, 0.3) is 0 Å². The predicted octanol–water partition coefficient (Wildman–Crippen LogP) is 3.34. The molecule has 2 aromatic rings. The van der Waals surface area contributed by atoms with E-state index in [1.807, 2.05) is 0 Å². The SMILES string of the molecule is COc1ccc(NC(=O)Nc2ccc(OC(F)F)cc2)cn1. The molecule has 0 spiro atoms. The van der Waals surface area contributed by atoms with Crippen molar-refractivity contribution in [3.63, 3.8) is 0 Å². The zero-order valence-electron chi connectivity index (χ0n) is 11.5. The first-order chi connectivity index (χ1) is 10.6. The van der Waals surface area contributed by atoms with Crippen LogP contribution in [0, 0.1) is 0 Å². The number of nitrogens with one attached hydrogen (secondary N) is 2. The summed E-state index contributed by atoms with van der Waals surface area (Å²) in [6.45, 7) is -2.88. The number of methoxy groups -OCH3 is 1. The van der Waals surface area contributed by atoms with Crippen LogP contribution in [-0.2, 0) is 0 Å². The second kappa shape index (κ2) is 7.21. The summed E-state index contributed by atoms with van der Waals surface area (Å²) in [7, 11) is 1.49.